The van der Waals surface area contributed by atoms with Gasteiger partial charge in [-0.3, -0.25) is 9.80 Å². The van der Waals surface area contributed by atoms with Crippen LogP contribution in [0.3, 0.4) is 0 Å². The number of anilines is 1. The van der Waals surface area contributed by atoms with Crippen molar-refractivity contribution in [3.8, 4) is 0 Å². The van der Waals surface area contributed by atoms with Gasteiger partial charge < -0.3 is 14.9 Å². The van der Waals surface area contributed by atoms with Gasteiger partial charge in [0.05, 0.1) is 12.1 Å². The van der Waals surface area contributed by atoms with Crippen LogP contribution in [0.25, 0.3) is 0 Å². The quantitative estimate of drug-likeness (QED) is 0.204. The molecule has 1 heterocycles. The van der Waals surface area contributed by atoms with Crippen LogP contribution in [0, 0.1) is 0 Å². The van der Waals surface area contributed by atoms with Gasteiger partial charge in [-0.05, 0) is 99.2 Å². The van der Waals surface area contributed by atoms with Gasteiger partial charge in [-0.15, -0.1) is 0 Å². The number of ether oxygens (including phenoxy) is 1. The van der Waals surface area contributed by atoms with E-state index in [1.165, 1.54) is 29.2 Å². The first-order chi connectivity index (χ1) is 20.0. The number of carboxylic acid groups (broad SMARTS) is 1. The van der Waals surface area contributed by atoms with Crippen molar-refractivity contribution in [1.82, 2.24) is 4.90 Å². The van der Waals surface area contributed by atoms with Crippen molar-refractivity contribution in [3.63, 3.8) is 0 Å². The molecule has 0 aromatic heterocycles. The highest BCUT2D eigenvalue weighted by Gasteiger charge is 2.32. The van der Waals surface area contributed by atoms with E-state index in [4.69, 9.17) is 14.9 Å². The van der Waals surface area contributed by atoms with Gasteiger partial charge in [-0.25, -0.2) is 18.4 Å². The van der Waals surface area contributed by atoms with E-state index < -0.39 is 24.6 Å². The Hall–Kier alpha value is -3.30. The molecule has 1 amide bonds. The van der Waals surface area contributed by atoms with Gasteiger partial charge in [-0.2, -0.15) is 0 Å². The van der Waals surface area contributed by atoms with E-state index in [9.17, 15) is 18.4 Å². The molecular weight excluding hydrogens is 542 g/mol. The number of carbonyl (C=O) groups is 2. The zero-order chi connectivity index (χ0) is 31.7. The lowest BCUT2D eigenvalue weighted by Gasteiger charge is -2.24. The van der Waals surface area contributed by atoms with E-state index in [1.54, 1.807) is 26.0 Å². The molecule has 42 heavy (non-hydrogen) atoms. The number of likely N-dealkylation sites (N-methyl/N-ethyl adjacent to an activating group) is 1. The SMILES string of the molecule is CC(C)O.CC\C=C/C(CN(CC)CCC1CN(c2ccc(C(=O)O)cc2)C(=O)O1)=C(CC)/C(=C/C(F)=C\CC)CF. The van der Waals surface area contributed by atoms with E-state index in [1.807, 2.05) is 39.8 Å². The molecule has 0 saturated carbocycles. The van der Waals surface area contributed by atoms with Crippen molar-refractivity contribution in [1.29, 1.82) is 0 Å². The molecule has 1 saturated heterocycles. The molecule has 1 aromatic rings. The Bertz CT molecular complexity index is 1110. The van der Waals surface area contributed by atoms with E-state index in [-0.39, 0.29) is 17.8 Å². The van der Waals surface area contributed by atoms with Crippen molar-refractivity contribution in [2.45, 2.75) is 79.4 Å². The van der Waals surface area contributed by atoms with Crippen LogP contribution < -0.4 is 4.90 Å². The van der Waals surface area contributed by atoms with Crippen LogP contribution in [0.15, 0.2) is 71.1 Å². The largest absolute Gasteiger partial charge is 0.478 e. The highest BCUT2D eigenvalue weighted by molar-refractivity contribution is 5.92. The number of aromatic carboxylic acids is 1. The maximum absolute atomic E-state index is 14.2. The van der Waals surface area contributed by atoms with Crippen LogP contribution >= 0.6 is 0 Å². The summed E-state index contributed by atoms with van der Waals surface area (Å²) in [5, 5.41) is 17.1. The highest BCUT2D eigenvalue weighted by atomic mass is 19.1. The van der Waals surface area contributed by atoms with Gasteiger partial charge in [0, 0.05) is 24.9 Å². The summed E-state index contributed by atoms with van der Waals surface area (Å²) in [6.07, 6.45) is 8.38. The molecular formula is C33H48F2N2O5. The Labute approximate surface area is 249 Å². The van der Waals surface area contributed by atoms with Crippen LogP contribution in [0.5, 0.6) is 0 Å². The van der Waals surface area contributed by atoms with Crippen LogP contribution in [-0.4, -0.2) is 72.2 Å². The van der Waals surface area contributed by atoms with Gasteiger partial charge in [0.15, 0.2) is 0 Å². The molecule has 1 unspecified atom stereocenters. The van der Waals surface area contributed by atoms with Gasteiger partial charge in [0.2, 0.25) is 0 Å². The fraction of sp³-hybridized carbons (Fsp3) is 0.515. The average Bonchev–Trinajstić information content (AvgIpc) is 3.33. The molecule has 9 heteroatoms. The molecule has 1 aliphatic heterocycles. The number of carboxylic acids is 1. The van der Waals surface area contributed by atoms with Crippen molar-refractivity contribution in [3.05, 3.63) is 76.7 Å². The Kier molecular flexibility index (Phi) is 17.3. The molecule has 1 atom stereocenters. The number of allylic oxidation sites excluding steroid dienone is 6. The second kappa shape index (κ2) is 19.8. The Morgan fingerprint density at radius 1 is 1.17 bits per heavy atom. The van der Waals surface area contributed by atoms with Gasteiger partial charge >= 0.3 is 12.1 Å². The Morgan fingerprint density at radius 3 is 2.31 bits per heavy atom. The summed E-state index contributed by atoms with van der Waals surface area (Å²) in [6.45, 7) is 12.9. The second-order valence-electron chi connectivity index (χ2n) is 10.2. The van der Waals surface area contributed by atoms with Crippen molar-refractivity contribution >= 4 is 17.7 Å². The lowest BCUT2D eigenvalue weighted by molar-refractivity contribution is 0.0696. The molecule has 234 valence electrons. The third-order valence-electron chi connectivity index (χ3n) is 6.45. The van der Waals surface area contributed by atoms with Gasteiger partial charge in [-0.1, -0.05) is 39.8 Å². The number of hydrogen-bond acceptors (Lipinski definition) is 5. The summed E-state index contributed by atoms with van der Waals surface area (Å²) in [5.74, 6) is -1.45. The van der Waals surface area contributed by atoms with Crippen LogP contribution in [-0.2, 0) is 4.74 Å². The smallest absolute Gasteiger partial charge is 0.414 e. The van der Waals surface area contributed by atoms with Crippen molar-refractivity contribution < 1.29 is 33.3 Å². The van der Waals surface area contributed by atoms with Crippen molar-refractivity contribution in [2.75, 3.05) is 37.8 Å². The van der Waals surface area contributed by atoms with Crippen LogP contribution in [0.4, 0.5) is 19.3 Å². The number of hydrogen-bond donors (Lipinski definition) is 2. The van der Waals surface area contributed by atoms with E-state index in [2.05, 4.69) is 4.90 Å². The molecule has 1 aliphatic rings. The number of aliphatic hydroxyl groups is 1. The predicted octanol–water partition coefficient (Wildman–Crippen LogP) is 7.64. The number of cyclic esters (lactones) is 1. The van der Waals surface area contributed by atoms with E-state index >= 15 is 0 Å². The normalized spacial score (nSPS) is 16.6. The topological polar surface area (TPSA) is 90.3 Å². The second-order valence-corrected chi connectivity index (χ2v) is 10.2. The maximum atomic E-state index is 14.2. The molecule has 0 aliphatic carbocycles. The third kappa shape index (κ3) is 12.7. The molecule has 7 nitrogen and oxygen atoms in total. The summed E-state index contributed by atoms with van der Waals surface area (Å²) in [7, 11) is 0. The number of amides is 1. The Morgan fingerprint density at radius 2 is 1.81 bits per heavy atom. The zero-order valence-electron chi connectivity index (χ0n) is 25.9. The first-order valence-electron chi connectivity index (χ1n) is 14.7. The maximum Gasteiger partial charge on any atom is 0.414 e. The van der Waals surface area contributed by atoms with E-state index in [0.29, 0.717) is 50.2 Å². The fourth-order valence-electron chi connectivity index (χ4n) is 4.38. The molecule has 1 aromatic carbocycles. The number of benzene rings is 1. The zero-order valence-corrected chi connectivity index (χ0v) is 25.9. The standard InChI is InChI=1S/C30H40F2N2O4.C3H8O/c1-5-9-11-23(28(7-3)24(19-31)18-25(32)10-6-2)20-33(8-4)17-16-27-21-34(30(37)38-27)26-14-12-22(13-15-26)29(35)36;1-3(2)4/h9-15,18,27H,5-8,16-17,19-21H2,1-4H3,(H,35,36);3-4H,1-2H3/b11-9-,24-18+,25-10+,28-23-;. The van der Waals surface area contributed by atoms with Gasteiger partial charge in [0.1, 0.15) is 18.6 Å². The number of rotatable bonds is 15. The first kappa shape index (κ1) is 36.7. The molecule has 0 spiro atoms. The molecule has 2 rings (SSSR count). The summed E-state index contributed by atoms with van der Waals surface area (Å²) in [6, 6.07) is 6.13. The molecule has 1 fully saturated rings. The van der Waals surface area contributed by atoms with Crippen molar-refractivity contribution in [2.24, 2.45) is 0 Å². The third-order valence-corrected chi connectivity index (χ3v) is 6.45. The molecule has 0 radical (unpaired) electrons. The minimum Gasteiger partial charge on any atom is -0.478 e. The number of halogens is 2. The number of nitrogens with zero attached hydrogens (tertiary/aromatic N) is 2. The van der Waals surface area contributed by atoms with Crippen LogP contribution in [0.1, 0.15) is 77.6 Å². The van der Waals surface area contributed by atoms with Gasteiger partial charge in [0.25, 0.3) is 0 Å². The lowest BCUT2D eigenvalue weighted by atomic mass is 9.96. The summed E-state index contributed by atoms with van der Waals surface area (Å²) >= 11 is 0. The summed E-state index contributed by atoms with van der Waals surface area (Å²) in [4.78, 5) is 27.3. The first-order valence-corrected chi connectivity index (χ1v) is 14.7. The monoisotopic (exact) mass is 590 g/mol. The molecule has 2 N–H and O–H groups in total. The highest BCUT2D eigenvalue weighted by Crippen LogP contribution is 2.26. The number of aliphatic hydroxyl groups excluding tert-OH is 1. The minimum atomic E-state index is -1.02. The average molecular weight is 591 g/mol. The number of carbonyl (C=O) groups excluding carboxylic acids is 1. The minimum absolute atomic E-state index is 0.152. The number of alkyl halides is 1. The lowest BCUT2D eigenvalue weighted by Crippen LogP contribution is -2.31. The molecule has 0 bridgehead atoms. The summed E-state index contributed by atoms with van der Waals surface area (Å²) < 4.78 is 33.8. The van der Waals surface area contributed by atoms with E-state index in [0.717, 1.165) is 24.1 Å². The summed E-state index contributed by atoms with van der Waals surface area (Å²) in [5.41, 5.74) is 2.85. The Balaban J connectivity index is 0.00000206. The predicted molar refractivity (Wildman–Crippen MR) is 165 cm³/mol. The van der Waals surface area contributed by atoms with Crippen LogP contribution in [0.2, 0.25) is 0 Å². The fourth-order valence-corrected chi connectivity index (χ4v) is 4.38.